The Kier molecular flexibility index (Phi) is 3.48. The second kappa shape index (κ2) is 4.26. The third-order valence-electron chi connectivity index (χ3n) is 2.83. The Hall–Kier alpha value is -0.630. The van der Waals surface area contributed by atoms with E-state index in [0.717, 1.165) is 5.57 Å². The normalized spacial score (nSPS) is 21.0. The largest absolute Gasteiger partial charge is 0.299 e. The Bertz CT molecular complexity index is 265. The lowest BCUT2D eigenvalue weighted by molar-refractivity contribution is -0.142. The van der Waals surface area contributed by atoms with E-state index in [0.29, 0.717) is 31.6 Å². The highest BCUT2D eigenvalue weighted by Crippen LogP contribution is 2.35. The molecule has 3 heteroatoms. The zero-order valence-electron chi connectivity index (χ0n) is 8.44. The molecule has 0 aromatic carbocycles. The highest BCUT2D eigenvalue weighted by atomic mass is 35.5. The molecule has 1 aliphatic carbocycles. The van der Waals surface area contributed by atoms with Gasteiger partial charge in [-0.3, -0.25) is 9.59 Å². The SMILES string of the molecule is C=C(CCl)CC1(C)C(=O)CCCC1=O. The van der Waals surface area contributed by atoms with E-state index in [9.17, 15) is 9.59 Å². The maximum Gasteiger partial charge on any atom is 0.146 e. The van der Waals surface area contributed by atoms with Crippen molar-refractivity contribution in [1.82, 2.24) is 0 Å². The molecule has 0 unspecified atom stereocenters. The number of carbonyl (C=O) groups is 2. The molecule has 0 N–H and O–H groups in total. The fourth-order valence-electron chi connectivity index (χ4n) is 1.86. The van der Waals surface area contributed by atoms with Crippen molar-refractivity contribution in [3.8, 4) is 0 Å². The monoisotopic (exact) mass is 214 g/mol. The molecule has 0 bridgehead atoms. The van der Waals surface area contributed by atoms with Crippen LogP contribution in [0.3, 0.4) is 0 Å². The number of hydrogen-bond acceptors (Lipinski definition) is 2. The maximum atomic E-state index is 11.7. The first-order chi connectivity index (χ1) is 6.50. The van der Waals surface area contributed by atoms with Crippen molar-refractivity contribution >= 4 is 23.2 Å². The van der Waals surface area contributed by atoms with E-state index < -0.39 is 5.41 Å². The molecule has 1 rings (SSSR count). The van der Waals surface area contributed by atoms with Crippen LogP contribution in [0.15, 0.2) is 12.2 Å². The zero-order chi connectivity index (χ0) is 10.8. The van der Waals surface area contributed by atoms with Crippen LogP contribution in [-0.4, -0.2) is 17.4 Å². The third kappa shape index (κ3) is 2.06. The van der Waals surface area contributed by atoms with Crippen molar-refractivity contribution in [2.24, 2.45) is 5.41 Å². The van der Waals surface area contributed by atoms with Crippen LogP contribution in [-0.2, 0) is 9.59 Å². The van der Waals surface area contributed by atoms with Gasteiger partial charge in [-0.25, -0.2) is 0 Å². The van der Waals surface area contributed by atoms with Gasteiger partial charge in [-0.15, -0.1) is 11.6 Å². The Labute approximate surface area is 89.3 Å². The molecule has 0 atom stereocenters. The number of rotatable bonds is 3. The van der Waals surface area contributed by atoms with Gasteiger partial charge in [0.2, 0.25) is 0 Å². The molecule has 0 spiro atoms. The predicted molar refractivity (Wildman–Crippen MR) is 56.4 cm³/mol. The summed E-state index contributed by atoms with van der Waals surface area (Å²) in [6.45, 7) is 5.46. The topological polar surface area (TPSA) is 34.1 Å². The van der Waals surface area contributed by atoms with Gasteiger partial charge in [0.05, 0.1) is 5.41 Å². The number of carbonyl (C=O) groups excluding carboxylic acids is 2. The molecule has 0 amide bonds. The van der Waals surface area contributed by atoms with Crippen LogP contribution >= 0.6 is 11.6 Å². The first-order valence-corrected chi connectivity index (χ1v) is 5.33. The molecular formula is C11H15ClO2. The minimum Gasteiger partial charge on any atom is -0.299 e. The number of ketones is 2. The Morgan fingerprint density at radius 2 is 1.93 bits per heavy atom. The van der Waals surface area contributed by atoms with E-state index in [2.05, 4.69) is 6.58 Å². The molecule has 78 valence electrons. The number of hydrogen-bond donors (Lipinski definition) is 0. The lowest BCUT2D eigenvalue weighted by atomic mass is 9.70. The van der Waals surface area contributed by atoms with Gasteiger partial charge in [-0.1, -0.05) is 12.2 Å². The summed E-state index contributed by atoms with van der Waals surface area (Å²) in [4.78, 5) is 23.3. The molecule has 1 aliphatic rings. The summed E-state index contributed by atoms with van der Waals surface area (Å²) in [5.74, 6) is 0.399. The minimum absolute atomic E-state index is 0.0417. The quantitative estimate of drug-likeness (QED) is 0.411. The zero-order valence-corrected chi connectivity index (χ0v) is 9.19. The van der Waals surface area contributed by atoms with Crippen LogP contribution in [0.5, 0.6) is 0 Å². The van der Waals surface area contributed by atoms with Crippen molar-refractivity contribution in [3.63, 3.8) is 0 Å². The third-order valence-corrected chi connectivity index (χ3v) is 3.21. The number of Topliss-reactive ketones (excluding diaryl/α,β-unsaturated/α-hetero) is 2. The van der Waals surface area contributed by atoms with Gasteiger partial charge >= 0.3 is 0 Å². The summed E-state index contributed by atoms with van der Waals surface area (Å²) in [5.41, 5.74) is -0.0812. The van der Waals surface area contributed by atoms with Crippen LogP contribution in [0, 0.1) is 5.41 Å². The predicted octanol–water partition coefficient (Wildman–Crippen LogP) is 2.50. The van der Waals surface area contributed by atoms with Crippen LogP contribution in [0.1, 0.15) is 32.6 Å². The van der Waals surface area contributed by atoms with Gasteiger partial charge in [0.25, 0.3) is 0 Å². The number of alkyl halides is 1. The number of halogens is 1. The maximum absolute atomic E-state index is 11.7. The van der Waals surface area contributed by atoms with Crippen molar-refractivity contribution in [1.29, 1.82) is 0 Å². The van der Waals surface area contributed by atoms with E-state index in [1.165, 1.54) is 0 Å². The average Bonchev–Trinajstić information content (AvgIpc) is 2.14. The Balaban J connectivity index is 2.82. The molecule has 0 aromatic rings. The summed E-state index contributed by atoms with van der Waals surface area (Å²) in [7, 11) is 0. The first-order valence-electron chi connectivity index (χ1n) is 4.80. The smallest absolute Gasteiger partial charge is 0.146 e. The summed E-state index contributed by atoms with van der Waals surface area (Å²) in [6, 6.07) is 0. The Morgan fingerprint density at radius 3 is 2.36 bits per heavy atom. The van der Waals surface area contributed by atoms with Crippen LogP contribution < -0.4 is 0 Å². The molecule has 1 fully saturated rings. The highest BCUT2D eigenvalue weighted by Gasteiger charge is 2.42. The Morgan fingerprint density at radius 1 is 1.43 bits per heavy atom. The second-order valence-corrected chi connectivity index (χ2v) is 4.36. The standard InChI is InChI=1S/C11H15ClO2/c1-8(7-12)6-11(2)9(13)4-3-5-10(11)14/h1,3-7H2,2H3. The highest BCUT2D eigenvalue weighted by molar-refractivity contribution is 6.19. The van der Waals surface area contributed by atoms with Gasteiger partial charge in [-0.2, -0.15) is 0 Å². The molecule has 1 saturated carbocycles. The van der Waals surface area contributed by atoms with E-state index >= 15 is 0 Å². The first kappa shape index (κ1) is 11.4. The lowest BCUT2D eigenvalue weighted by Gasteiger charge is -2.30. The molecule has 0 heterocycles. The van der Waals surface area contributed by atoms with E-state index in [-0.39, 0.29) is 11.6 Å². The molecule has 2 nitrogen and oxygen atoms in total. The van der Waals surface area contributed by atoms with E-state index in [1.54, 1.807) is 6.92 Å². The minimum atomic E-state index is -0.843. The fraction of sp³-hybridized carbons (Fsp3) is 0.636. The average molecular weight is 215 g/mol. The van der Waals surface area contributed by atoms with Crippen LogP contribution in [0.25, 0.3) is 0 Å². The van der Waals surface area contributed by atoms with Gasteiger partial charge in [0.1, 0.15) is 11.6 Å². The summed E-state index contributed by atoms with van der Waals surface area (Å²) in [5, 5.41) is 0. The van der Waals surface area contributed by atoms with Crippen LogP contribution in [0.4, 0.5) is 0 Å². The summed E-state index contributed by atoms with van der Waals surface area (Å²) < 4.78 is 0. The summed E-state index contributed by atoms with van der Waals surface area (Å²) in [6.07, 6.45) is 2.13. The molecule has 0 radical (unpaired) electrons. The second-order valence-electron chi connectivity index (χ2n) is 4.09. The van der Waals surface area contributed by atoms with Crippen molar-refractivity contribution in [2.75, 3.05) is 5.88 Å². The number of allylic oxidation sites excluding steroid dienone is 1. The molecule has 0 aliphatic heterocycles. The summed E-state index contributed by atoms with van der Waals surface area (Å²) >= 11 is 5.61. The molecule has 14 heavy (non-hydrogen) atoms. The van der Waals surface area contributed by atoms with Crippen LogP contribution in [0.2, 0.25) is 0 Å². The van der Waals surface area contributed by atoms with Gasteiger partial charge in [0.15, 0.2) is 0 Å². The van der Waals surface area contributed by atoms with Crippen molar-refractivity contribution in [3.05, 3.63) is 12.2 Å². The lowest BCUT2D eigenvalue weighted by Crippen LogP contribution is -2.40. The fourth-order valence-corrected chi connectivity index (χ4v) is 1.96. The van der Waals surface area contributed by atoms with E-state index in [4.69, 9.17) is 11.6 Å². The molecular weight excluding hydrogens is 200 g/mol. The van der Waals surface area contributed by atoms with Gasteiger partial charge < -0.3 is 0 Å². The molecule has 0 aromatic heterocycles. The van der Waals surface area contributed by atoms with Crippen molar-refractivity contribution in [2.45, 2.75) is 32.6 Å². The van der Waals surface area contributed by atoms with E-state index in [1.807, 2.05) is 0 Å². The van der Waals surface area contributed by atoms with Gasteiger partial charge in [0, 0.05) is 18.7 Å². The van der Waals surface area contributed by atoms with Crippen molar-refractivity contribution < 1.29 is 9.59 Å². The molecule has 0 saturated heterocycles. The van der Waals surface area contributed by atoms with Gasteiger partial charge in [-0.05, 0) is 19.8 Å².